The lowest BCUT2D eigenvalue weighted by molar-refractivity contribution is -0.141. The molecule has 0 fully saturated rings. The molecule has 1 unspecified atom stereocenters. The molecule has 2 N–H and O–H groups in total. The highest BCUT2D eigenvalue weighted by atomic mass is 16.5. The Balaban J connectivity index is 2.33. The van der Waals surface area contributed by atoms with E-state index in [4.69, 9.17) is 4.74 Å². The van der Waals surface area contributed by atoms with Crippen molar-refractivity contribution in [3.63, 3.8) is 0 Å². The van der Waals surface area contributed by atoms with Crippen LogP contribution in [0.1, 0.15) is 12.8 Å². The number of anilines is 1. The number of benzene rings is 1. The number of nitrogens with one attached hydrogen (secondary N) is 1. The summed E-state index contributed by atoms with van der Waals surface area (Å²) in [6.07, 6.45) is 0.0106. The van der Waals surface area contributed by atoms with Crippen molar-refractivity contribution in [1.82, 2.24) is 0 Å². The maximum Gasteiger partial charge on any atom is 0.305 e. The van der Waals surface area contributed by atoms with Crippen LogP contribution in [-0.4, -0.2) is 37.9 Å². The molecule has 1 aromatic rings. The van der Waals surface area contributed by atoms with Gasteiger partial charge in [0.2, 0.25) is 0 Å². The number of hydrogen-bond acceptors (Lipinski definition) is 5. The zero-order chi connectivity index (χ0) is 13.4. The van der Waals surface area contributed by atoms with E-state index in [0.717, 1.165) is 11.4 Å². The van der Waals surface area contributed by atoms with Gasteiger partial charge in [0.1, 0.15) is 5.75 Å². The molecule has 0 saturated carbocycles. The number of aliphatic hydroxyl groups is 1. The molecule has 5 nitrogen and oxygen atoms in total. The third-order valence-electron chi connectivity index (χ3n) is 2.52. The van der Waals surface area contributed by atoms with Gasteiger partial charge in [-0.3, -0.25) is 4.79 Å². The number of carbonyl (C=O) groups is 1. The minimum absolute atomic E-state index is 0.220. The Morgan fingerprint density at radius 3 is 2.89 bits per heavy atom. The molecule has 0 bridgehead atoms. The second-order valence-electron chi connectivity index (χ2n) is 3.88. The SMILES string of the molecule is COC(=O)CCC(O)CNc1cccc(OC)c1. The third kappa shape index (κ3) is 5.05. The van der Waals surface area contributed by atoms with E-state index in [-0.39, 0.29) is 12.4 Å². The van der Waals surface area contributed by atoms with Crippen LogP contribution in [0.4, 0.5) is 5.69 Å². The number of hydrogen-bond donors (Lipinski definition) is 2. The molecule has 0 aliphatic heterocycles. The molecule has 0 saturated heterocycles. The van der Waals surface area contributed by atoms with E-state index in [1.54, 1.807) is 7.11 Å². The lowest BCUT2D eigenvalue weighted by Gasteiger charge is -2.12. The second-order valence-corrected chi connectivity index (χ2v) is 3.88. The van der Waals surface area contributed by atoms with Crippen molar-refractivity contribution in [2.45, 2.75) is 18.9 Å². The smallest absolute Gasteiger partial charge is 0.305 e. The zero-order valence-electron chi connectivity index (χ0n) is 10.7. The minimum atomic E-state index is -0.588. The van der Waals surface area contributed by atoms with Crippen LogP contribution in [0.15, 0.2) is 24.3 Å². The number of methoxy groups -OCH3 is 2. The Bertz CT molecular complexity index is 381. The van der Waals surface area contributed by atoms with Crippen LogP contribution in [-0.2, 0) is 9.53 Å². The van der Waals surface area contributed by atoms with Gasteiger partial charge in [-0.1, -0.05) is 6.07 Å². The maximum atomic E-state index is 10.9. The quantitative estimate of drug-likeness (QED) is 0.719. The third-order valence-corrected chi connectivity index (χ3v) is 2.52. The van der Waals surface area contributed by atoms with Crippen LogP contribution in [0.5, 0.6) is 5.75 Å². The maximum absolute atomic E-state index is 10.9. The fourth-order valence-corrected chi connectivity index (χ4v) is 1.46. The van der Waals surface area contributed by atoms with Gasteiger partial charge in [-0.25, -0.2) is 0 Å². The molecule has 5 heteroatoms. The number of carbonyl (C=O) groups excluding carboxylic acids is 1. The first-order chi connectivity index (χ1) is 8.65. The molecule has 1 aromatic carbocycles. The van der Waals surface area contributed by atoms with E-state index in [1.807, 2.05) is 24.3 Å². The molecular formula is C13H19NO4. The summed E-state index contributed by atoms with van der Waals surface area (Å²) in [6, 6.07) is 7.43. The predicted molar refractivity (Wildman–Crippen MR) is 68.7 cm³/mol. The van der Waals surface area contributed by atoms with Gasteiger partial charge in [-0.05, 0) is 18.6 Å². The predicted octanol–water partition coefficient (Wildman–Crippen LogP) is 1.42. The van der Waals surface area contributed by atoms with Crippen molar-refractivity contribution in [3.8, 4) is 5.75 Å². The van der Waals surface area contributed by atoms with Crippen LogP contribution in [0.2, 0.25) is 0 Å². The molecule has 0 amide bonds. The Kier molecular flexibility index (Phi) is 6.00. The highest BCUT2D eigenvalue weighted by Crippen LogP contribution is 2.16. The lowest BCUT2D eigenvalue weighted by Crippen LogP contribution is -2.20. The first-order valence-electron chi connectivity index (χ1n) is 5.78. The Hall–Kier alpha value is -1.75. The molecule has 1 rings (SSSR count). The van der Waals surface area contributed by atoms with Gasteiger partial charge in [0.05, 0.1) is 20.3 Å². The summed E-state index contributed by atoms with van der Waals surface area (Å²) in [4.78, 5) is 10.9. The van der Waals surface area contributed by atoms with Crippen LogP contribution in [0.25, 0.3) is 0 Å². The highest BCUT2D eigenvalue weighted by molar-refractivity contribution is 5.69. The van der Waals surface area contributed by atoms with E-state index in [2.05, 4.69) is 10.1 Å². The van der Waals surface area contributed by atoms with Crippen molar-refractivity contribution in [2.75, 3.05) is 26.1 Å². The summed E-state index contributed by atoms with van der Waals surface area (Å²) in [5.74, 6) is 0.444. The molecule has 18 heavy (non-hydrogen) atoms. The van der Waals surface area contributed by atoms with Crippen LogP contribution in [0, 0.1) is 0 Å². The van der Waals surface area contributed by atoms with E-state index in [1.165, 1.54) is 7.11 Å². The summed E-state index contributed by atoms with van der Waals surface area (Å²) < 4.78 is 9.60. The normalized spacial score (nSPS) is 11.7. The topological polar surface area (TPSA) is 67.8 Å². The Morgan fingerprint density at radius 2 is 2.22 bits per heavy atom. The first kappa shape index (κ1) is 14.3. The summed E-state index contributed by atoms with van der Waals surface area (Å²) >= 11 is 0. The molecule has 100 valence electrons. The largest absolute Gasteiger partial charge is 0.497 e. The number of ether oxygens (including phenoxy) is 2. The fourth-order valence-electron chi connectivity index (χ4n) is 1.46. The van der Waals surface area contributed by atoms with Crippen molar-refractivity contribution in [1.29, 1.82) is 0 Å². The van der Waals surface area contributed by atoms with Gasteiger partial charge >= 0.3 is 5.97 Å². The summed E-state index contributed by atoms with van der Waals surface area (Å²) in [5, 5.41) is 12.8. The van der Waals surface area contributed by atoms with Crippen molar-refractivity contribution in [3.05, 3.63) is 24.3 Å². The van der Waals surface area contributed by atoms with E-state index >= 15 is 0 Å². The lowest BCUT2D eigenvalue weighted by atomic mass is 10.2. The average Bonchev–Trinajstić information content (AvgIpc) is 2.42. The van der Waals surface area contributed by atoms with E-state index in [9.17, 15) is 9.90 Å². The molecule has 0 heterocycles. The molecule has 1 atom stereocenters. The molecule has 0 spiro atoms. The summed E-state index contributed by atoms with van der Waals surface area (Å²) in [5.41, 5.74) is 0.867. The Labute approximate surface area is 107 Å². The minimum Gasteiger partial charge on any atom is -0.497 e. The van der Waals surface area contributed by atoms with Crippen LogP contribution < -0.4 is 10.1 Å². The van der Waals surface area contributed by atoms with Crippen LogP contribution >= 0.6 is 0 Å². The van der Waals surface area contributed by atoms with Crippen LogP contribution in [0.3, 0.4) is 0 Å². The molecule has 0 radical (unpaired) electrons. The van der Waals surface area contributed by atoms with Gasteiger partial charge in [0.25, 0.3) is 0 Å². The number of aliphatic hydroxyl groups excluding tert-OH is 1. The van der Waals surface area contributed by atoms with E-state index < -0.39 is 6.10 Å². The van der Waals surface area contributed by atoms with Gasteiger partial charge in [0.15, 0.2) is 0 Å². The van der Waals surface area contributed by atoms with Gasteiger partial charge in [-0.15, -0.1) is 0 Å². The molecule has 0 aromatic heterocycles. The van der Waals surface area contributed by atoms with Crippen molar-refractivity contribution >= 4 is 11.7 Å². The monoisotopic (exact) mass is 253 g/mol. The van der Waals surface area contributed by atoms with Gasteiger partial charge in [0, 0.05) is 24.7 Å². The standard InChI is InChI=1S/C13H19NO4/c1-17-12-5-3-4-10(8-12)14-9-11(15)6-7-13(16)18-2/h3-5,8,11,14-15H,6-7,9H2,1-2H3. The zero-order valence-corrected chi connectivity index (χ0v) is 10.7. The Morgan fingerprint density at radius 1 is 1.44 bits per heavy atom. The van der Waals surface area contributed by atoms with Crippen molar-refractivity contribution in [2.24, 2.45) is 0 Å². The fraction of sp³-hybridized carbons (Fsp3) is 0.462. The first-order valence-corrected chi connectivity index (χ1v) is 5.78. The number of esters is 1. The average molecular weight is 253 g/mol. The summed E-state index contributed by atoms with van der Waals surface area (Å²) in [6.45, 7) is 0.379. The molecule has 0 aliphatic carbocycles. The number of rotatable bonds is 7. The van der Waals surface area contributed by atoms with E-state index in [0.29, 0.717) is 13.0 Å². The highest BCUT2D eigenvalue weighted by Gasteiger charge is 2.08. The second kappa shape index (κ2) is 7.55. The molecular weight excluding hydrogens is 234 g/mol. The summed E-state index contributed by atoms with van der Waals surface area (Å²) in [7, 11) is 2.94. The van der Waals surface area contributed by atoms with Gasteiger partial charge in [-0.2, -0.15) is 0 Å². The van der Waals surface area contributed by atoms with Crippen molar-refractivity contribution < 1.29 is 19.4 Å². The molecule has 0 aliphatic rings. The van der Waals surface area contributed by atoms with Gasteiger partial charge < -0.3 is 19.9 Å².